The van der Waals surface area contributed by atoms with Gasteiger partial charge in [-0.3, -0.25) is 10.1 Å². The Morgan fingerprint density at radius 1 is 1.10 bits per heavy atom. The highest BCUT2D eigenvalue weighted by Crippen LogP contribution is 2.31. The molecule has 2 aromatic carbocycles. The number of nitrogens with one attached hydrogen (secondary N) is 1. The van der Waals surface area contributed by atoms with Crippen molar-refractivity contribution in [2.24, 2.45) is 0 Å². The molecule has 104 valence electrons. The van der Waals surface area contributed by atoms with Gasteiger partial charge >= 0.3 is 0 Å². The number of nitro benzene ring substituents is 1. The highest BCUT2D eigenvalue weighted by atomic mass is 79.9. The lowest BCUT2D eigenvalue weighted by atomic mass is 10.2. The highest BCUT2D eigenvalue weighted by molar-refractivity contribution is 9.10. The second-order valence-corrected chi connectivity index (χ2v) is 4.65. The second-order valence-electron chi connectivity index (χ2n) is 3.79. The van der Waals surface area contributed by atoms with Crippen LogP contribution in [0.15, 0.2) is 34.8 Å². The summed E-state index contributed by atoms with van der Waals surface area (Å²) in [6.07, 6.45) is 0. The Bertz CT molecular complexity index is 671. The van der Waals surface area contributed by atoms with E-state index < -0.39 is 28.1 Å². The first-order valence-corrected chi connectivity index (χ1v) is 6.03. The minimum Gasteiger partial charge on any atom is -0.350 e. The zero-order valence-electron chi connectivity index (χ0n) is 9.66. The molecule has 4 nitrogen and oxygen atoms in total. The van der Waals surface area contributed by atoms with Gasteiger partial charge in [-0.2, -0.15) is 0 Å². The summed E-state index contributed by atoms with van der Waals surface area (Å²) >= 11 is 3.05. The molecule has 2 aromatic rings. The highest BCUT2D eigenvalue weighted by Gasteiger charge is 2.14. The smallest absolute Gasteiger partial charge is 0.270 e. The molecule has 0 fully saturated rings. The van der Waals surface area contributed by atoms with Crippen LogP contribution < -0.4 is 5.32 Å². The van der Waals surface area contributed by atoms with Gasteiger partial charge in [0.1, 0.15) is 11.5 Å². The molecule has 0 atom stereocenters. The van der Waals surface area contributed by atoms with Crippen LogP contribution >= 0.6 is 15.9 Å². The third-order valence-electron chi connectivity index (χ3n) is 2.43. The van der Waals surface area contributed by atoms with Gasteiger partial charge in [0.15, 0.2) is 11.6 Å². The number of non-ortho nitro benzene ring substituents is 1. The Hall–Kier alpha value is -2.09. The van der Waals surface area contributed by atoms with E-state index in [1.807, 2.05) is 0 Å². The Balaban J connectivity index is 2.38. The van der Waals surface area contributed by atoms with Gasteiger partial charge < -0.3 is 5.32 Å². The summed E-state index contributed by atoms with van der Waals surface area (Å²) in [5.41, 5.74) is -0.511. The first kappa shape index (κ1) is 14.3. The van der Waals surface area contributed by atoms with E-state index in [0.717, 1.165) is 0 Å². The summed E-state index contributed by atoms with van der Waals surface area (Å²) in [6, 6.07) is 4.70. The lowest BCUT2D eigenvalue weighted by Gasteiger charge is -2.10. The van der Waals surface area contributed by atoms with Crippen LogP contribution in [0.25, 0.3) is 0 Å². The Morgan fingerprint density at radius 3 is 2.20 bits per heavy atom. The number of nitrogens with zero attached hydrogens (tertiary/aromatic N) is 1. The van der Waals surface area contributed by atoms with Crippen molar-refractivity contribution < 1.29 is 18.1 Å². The van der Waals surface area contributed by atoms with Crippen LogP contribution in [-0.2, 0) is 0 Å². The van der Waals surface area contributed by atoms with Crippen molar-refractivity contribution in [1.29, 1.82) is 0 Å². The number of hydrogen-bond acceptors (Lipinski definition) is 3. The Morgan fingerprint density at radius 2 is 1.70 bits per heavy atom. The lowest BCUT2D eigenvalue weighted by molar-refractivity contribution is -0.384. The zero-order valence-corrected chi connectivity index (χ0v) is 11.2. The number of rotatable bonds is 3. The molecule has 0 aliphatic rings. The SMILES string of the molecule is O=[N+]([O-])c1ccc(Nc2c(F)cc(F)cc2F)c(Br)c1. The molecule has 0 saturated carbocycles. The van der Waals surface area contributed by atoms with E-state index in [2.05, 4.69) is 21.2 Å². The van der Waals surface area contributed by atoms with Crippen LogP contribution in [0.3, 0.4) is 0 Å². The molecule has 0 spiro atoms. The molecule has 0 bridgehead atoms. The van der Waals surface area contributed by atoms with Crippen LogP contribution in [0, 0.1) is 27.6 Å². The van der Waals surface area contributed by atoms with Crippen LogP contribution in [-0.4, -0.2) is 4.92 Å². The van der Waals surface area contributed by atoms with Crippen molar-refractivity contribution in [3.63, 3.8) is 0 Å². The monoisotopic (exact) mass is 346 g/mol. The van der Waals surface area contributed by atoms with E-state index in [4.69, 9.17) is 0 Å². The molecule has 0 saturated heterocycles. The molecule has 2 rings (SSSR count). The Kier molecular flexibility index (Phi) is 3.93. The third-order valence-corrected chi connectivity index (χ3v) is 3.09. The molecular formula is C12H6BrF3N2O2. The first-order valence-electron chi connectivity index (χ1n) is 5.24. The standard InChI is InChI=1S/C12H6BrF3N2O2/c13-8-5-7(18(19)20)1-2-11(8)17-12-9(15)3-6(14)4-10(12)16/h1-5,17H. The van der Waals surface area contributed by atoms with E-state index in [1.165, 1.54) is 18.2 Å². The summed E-state index contributed by atoms with van der Waals surface area (Å²) in [7, 11) is 0. The summed E-state index contributed by atoms with van der Waals surface area (Å²) < 4.78 is 40.0. The van der Waals surface area contributed by atoms with Gasteiger partial charge in [0, 0.05) is 28.7 Å². The molecule has 8 heteroatoms. The van der Waals surface area contributed by atoms with Crippen molar-refractivity contribution in [1.82, 2.24) is 0 Å². The predicted molar refractivity (Wildman–Crippen MR) is 70.4 cm³/mol. The average Bonchev–Trinajstić information content (AvgIpc) is 2.34. The average molecular weight is 347 g/mol. The van der Waals surface area contributed by atoms with E-state index in [9.17, 15) is 23.3 Å². The first-order chi connectivity index (χ1) is 9.38. The fourth-order valence-corrected chi connectivity index (χ4v) is 1.98. The van der Waals surface area contributed by atoms with Crippen LogP contribution in [0.5, 0.6) is 0 Å². The van der Waals surface area contributed by atoms with Gasteiger partial charge in [-0.15, -0.1) is 0 Å². The molecule has 0 aliphatic carbocycles. The topological polar surface area (TPSA) is 55.2 Å². The third kappa shape index (κ3) is 2.90. The lowest BCUT2D eigenvalue weighted by Crippen LogP contribution is -2.00. The van der Waals surface area contributed by atoms with Crippen molar-refractivity contribution in [3.8, 4) is 0 Å². The molecule has 0 heterocycles. The quantitative estimate of drug-likeness (QED) is 0.656. The minimum absolute atomic E-state index is 0.178. The Labute approximate surface area is 119 Å². The maximum absolute atomic E-state index is 13.5. The van der Waals surface area contributed by atoms with E-state index in [0.29, 0.717) is 12.1 Å². The summed E-state index contributed by atoms with van der Waals surface area (Å²) in [5.74, 6) is -3.24. The van der Waals surface area contributed by atoms with Crippen LogP contribution in [0.1, 0.15) is 0 Å². The van der Waals surface area contributed by atoms with Crippen molar-refractivity contribution in [2.45, 2.75) is 0 Å². The molecule has 0 amide bonds. The second kappa shape index (κ2) is 5.49. The molecule has 1 N–H and O–H groups in total. The number of anilines is 2. The number of hydrogen-bond donors (Lipinski definition) is 1. The molecule has 0 unspecified atom stereocenters. The van der Waals surface area contributed by atoms with Crippen molar-refractivity contribution >= 4 is 33.0 Å². The minimum atomic E-state index is -1.10. The summed E-state index contributed by atoms with van der Waals surface area (Å²) in [6.45, 7) is 0. The fraction of sp³-hybridized carbons (Fsp3) is 0. The van der Waals surface area contributed by atoms with E-state index >= 15 is 0 Å². The molecular weight excluding hydrogens is 341 g/mol. The maximum atomic E-state index is 13.5. The van der Waals surface area contributed by atoms with Gasteiger partial charge in [0.25, 0.3) is 5.69 Å². The zero-order chi connectivity index (χ0) is 14.9. The number of halogens is 4. The number of nitro groups is 1. The summed E-state index contributed by atoms with van der Waals surface area (Å²) in [4.78, 5) is 9.97. The molecule has 0 radical (unpaired) electrons. The van der Waals surface area contributed by atoms with Gasteiger partial charge in [-0.1, -0.05) is 0 Å². The van der Waals surface area contributed by atoms with Crippen LogP contribution in [0.4, 0.5) is 30.2 Å². The van der Waals surface area contributed by atoms with Gasteiger partial charge in [-0.05, 0) is 22.0 Å². The van der Waals surface area contributed by atoms with Gasteiger partial charge in [0.2, 0.25) is 0 Å². The van der Waals surface area contributed by atoms with Gasteiger partial charge in [0.05, 0.1) is 10.6 Å². The largest absolute Gasteiger partial charge is 0.350 e. The molecule has 0 aliphatic heterocycles. The van der Waals surface area contributed by atoms with Crippen LogP contribution in [0.2, 0.25) is 0 Å². The maximum Gasteiger partial charge on any atom is 0.270 e. The van der Waals surface area contributed by atoms with E-state index in [1.54, 1.807) is 0 Å². The van der Waals surface area contributed by atoms with Crippen molar-refractivity contribution in [3.05, 3.63) is 62.4 Å². The number of benzene rings is 2. The van der Waals surface area contributed by atoms with E-state index in [-0.39, 0.29) is 15.8 Å². The molecule has 0 aromatic heterocycles. The van der Waals surface area contributed by atoms with Crippen molar-refractivity contribution in [2.75, 3.05) is 5.32 Å². The normalized spacial score (nSPS) is 10.4. The summed E-state index contributed by atoms with van der Waals surface area (Å²) in [5, 5.41) is 13.0. The molecule has 20 heavy (non-hydrogen) atoms. The van der Waals surface area contributed by atoms with Gasteiger partial charge in [-0.25, -0.2) is 13.2 Å². The fourth-order valence-electron chi connectivity index (χ4n) is 1.52. The predicted octanol–water partition coefficient (Wildman–Crippen LogP) is 4.52.